The van der Waals surface area contributed by atoms with Crippen LogP contribution in [0.1, 0.15) is 39.0 Å². The van der Waals surface area contributed by atoms with Crippen molar-refractivity contribution in [1.29, 1.82) is 0 Å². The monoisotopic (exact) mass is 447 g/mol. The van der Waals surface area contributed by atoms with E-state index >= 15 is 0 Å². The third-order valence-corrected chi connectivity index (χ3v) is 6.18. The molecule has 0 bridgehead atoms. The largest absolute Gasteiger partial charge is 0.439 e. The fourth-order valence-electron chi connectivity index (χ4n) is 4.19. The maximum absolute atomic E-state index is 13.3. The fraction of sp³-hybridized carbons (Fsp3) is 0.500. The van der Waals surface area contributed by atoms with Gasteiger partial charge in [-0.3, -0.25) is 0 Å². The van der Waals surface area contributed by atoms with Crippen molar-refractivity contribution in [2.75, 3.05) is 24.5 Å². The van der Waals surface area contributed by atoms with Crippen LogP contribution in [0.25, 0.3) is 0 Å². The summed E-state index contributed by atoms with van der Waals surface area (Å²) in [6.07, 6.45) is 7.22. The van der Waals surface area contributed by atoms with Crippen LogP contribution >= 0.6 is 11.6 Å². The van der Waals surface area contributed by atoms with Gasteiger partial charge in [-0.15, -0.1) is 0 Å². The number of nitrogens with zero attached hydrogens (tertiary/aromatic N) is 4. The number of piperazine rings is 1. The van der Waals surface area contributed by atoms with E-state index in [0.717, 1.165) is 18.7 Å². The summed E-state index contributed by atoms with van der Waals surface area (Å²) in [4.78, 5) is 25.3. The number of amides is 2. The molecular formula is C22H27ClFN5O2. The number of rotatable bonds is 4. The van der Waals surface area contributed by atoms with Crippen molar-refractivity contribution < 1.29 is 13.9 Å². The van der Waals surface area contributed by atoms with E-state index in [1.807, 2.05) is 11.8 Å². The van der Waals surface area contributed by atoms with Crippen molar-refractivity contribution in [1.82, 2.24) is 20.2 Å². The molecule has 2 heterocycles. The van der Waals surface area contributed by atoms with E-state index in [-0.39, 0.29) is 17.1 Å². The molecule has 1 aromatic heterocycles. The molecule has 2 aliphatic rings. The molecule has 0 unspecified atom stereocenters. The van der Waals surface area contributed by atoms with Crippen LogP contribution in [0.5, 0.6) is 11.6 Å². The van der Waals surface area contributed by atoms with Crippen LogP contribution in [-0.4, -0.2) is 52.6 Å². The van der Waals surface area contributed by atoms with Gasteiger partial charge in [-0.2, -0.15) is 0 Å². The van der Waals surface area contributed by atoms with Gasteiger partial charge < -0.3 is 19.9 Å². The molecule has 1 aromatic carbocycles. The Morgan fingerprint density at radius 3 is 2.74 bits per heavy atom. The van der Waals surface area contributed by atoms with E-state index in [9.17, 15) is 9.18 Å². The molecule has 2 aromatic rings. The molecule has 9 heteroatoms. The maximum Gasteiger partial charge on any atom is 0.317 e. The highest BCUT2D eigenvalue weighted by atomic mass is 35.5. The molecule has 1 aliphatic heterocycles. The first kappa shape index (κ1) is 21.6. The summed E-state index contributed by atoms with van der Waals surface area (Å²) in [5.41, 5.74) is 0. The maximum atomic E-state index is 13.3. The van der Waals surface area contributed by atoms with Gasteiger partial charge in [-0.05, 0) is 31.9 Å². The van der Waals surface area contributed by atoms with Gasteiger partial charge in [0.2, 0.25) is 5.88 Å². The Morgan fingerprint density at radius 2 is 2.00 bits per heavy atom. The zero-order chi connectivity index (χ0) is 21.8. The molecule has 166 valence electrons. The van der Waals surface area contributed by atoms with E-state index in [1.165, 1.54) is 43.8 Å². The lowest BCUT2D eigenvalue weighted by Crippen LogP contribution is -2.58. The highest BCUT2D eigenvalue weighted by Crippen LogP contribution is 2.27. The standard InChI is InChI=1S/C22H27ClFN5O2/c1-15-13-28(9-10-29(15)22(30)27-16-5-3-2-4-6-16)20-12-21(26-14-25-20)31-17-7-8-19(24)18(23)11-17/h7-8,11-12,14-16H,2-6,9-10,13H2,1H3,(H,27,30)/t15-/m0/s1. The van der Waals surface area contributed by atoms with Gasteiger partial charge in [0.25, 0.3) is 0 Å². The average Bonchev–Trinajstić information content (AvgIpc) is 2.77. The number of hydrogen-bond donors (Lipinski definition) is 1. The van der Waals surface area contributed by atoms with Crippen LogP contribution in [0.4, 0.5) is 15.0 Å². The lowest BCUT2D eigenvalue weighted by molar-refractivity contribution is 0.165. The first-order valence-electron chi connectivity index (χ1n) is 10.8. The molecule has 2 amide bonds. The number of carbonyl (C=O) groups is 1. The fourth-order valence-corrected chi connectivity index (χ4v) is 4.36. The van der Waals surface area contributed by atoms with Gasteiger partial charge in [0, 0.05) is 43.9 Å². The van der Waals surface area contributed by atoms with Crippen molar-refractivity contribution in [2.45, 2.75) is 51.1 Å². The Balaban J connectivity index is 1.37. The Hall–Kier alpha value is -2.61. The molecule has 0 radical (unpaired) electrons. The van der Waals surface area contributed by atoms with Crippen LogP contribution in [0, 0.1) is 5.82 Å². The van der Waals surface area contributed by atoms with Crippen LogP contribution in [0.2, 0.25) is 5.02 Å². The van der Waals surface area contributed by atoms with Gasteiger partial charge in [0.05, 0.1) is 5.02 Å². The first-order chi connectivity index (χ1) is 15.0. The van der Waals surface area contributed by atoms with Gasteiger partial charge in [0.1, 0.15) is 23.7 Å². The lowest BCUT2D eigenvalue weighted by atomic mass is 9.96. The summed E-state index contributed by atoms with van der Waals surface area (Å²) in [5, 5.41) is 3.19. The minimum atomic E-state index is -0.503. The van der Waals surface area contributed by atoms with E-state index in [0.29, 0.717) is 37.3 Å². The zero-order valence-electron chi connectivity index (χ0n) is 17.6. The topological polar surface area (TPSA) is 70.6 Å². The molecule has 0 spiro atoms. The highest BCUT2D eigenvalue weighted by Gasteiger charge is 2.29. The molecule has 1 N–H and O–H groups in total. The number of ether oxygens (including phenoxy) is 1. The number of anilines is 1. The second kappa shape index (κ2) is 9.68. The SMILES string of the molecule is C[C@H]1CN(c2cc(Oc3ccc(F)c(Cl)c3)ncn2)CCN1C(=O)NC1CCCCC1. The van der Waals surface area contributed by atoms with Crippen molar-refractivity contribution >= 4 is 23.4 Å². The molecule has 1 aliphatic carbocycles. The minimum Gasteiger partial charge on any atom is -0.439 e. The highest BCUT2D eigenvalue weighted by molar-refractivity contribution is 6.30. The second-order valence-corrected chi connectivity index (χ2v) is 8.57. The van der Waals surface area contributed by atoms with E-state index in [2.05, 4.69) is 20.2 Å². The van der Waals surface area contributed by atoms with Crippen molar-refractivity contribution in [3.63, 3.8) is 0 Å². The third kappa shape index (κ3) is 5.36. The van der Waals surface area contributed by atoms with Crippen molar-refractivity contribution in [3.8, 4) is 11.6 Å². The summed E-state index contributed by atoms with van der Waals surface area (Å²) in [7, 11) is 0. The Kier molecular flexibility index (Phi) is 6.75. The molecule has 7 nitrogen and oxygen atoms in total. The lowest BCUT2D eigenvalue weighted by Gasteiger charge is -2.41. The van der Waals surface area contributed by atoms with Gasteiger partial charge >= 0.3 is 6.03 Å². The number of benzene rings is 1. The van der Waals surface area contributed by atoms with Crippen LogP contribution in [-0.2, 0) is 0 Å². The van der Waals surface area contributed by atoms with Gasteiger partial charge in [-0.25, -0.2) is 19.2 Å². The van der Waals surface area contributed by atoms with Crippen LogP contribution in [0.3, 0.4) is 0 Å². The number of carbonyl (C=O) groups excluding carboxylic acids is 1. The van der Waals surface area contributed by atoms with Crippen molar-refractivity contribution in [3.05, 3.63) is 41.4 Å². The minimum absolute atomic E-state index is 0.0109. The zero-order valence-corrected chi connectivity index (χ0v) is 18.3. The van der Waals surface area contributed by atoms with Crippen molar-refractivity contribution in [2.24, 2.45) is 0 Å². The van der Waals surface area contributed by atoms with Gasteiger partial charge in [0.15, 0.2) is 0 Å². The van der Waals surface area contributed by atoms with Crippen LogP contribution < -0.4 is 15.0 Å². The van der Waals surface area contributed by atoms with E-state index < -0.39 is 5.82 Å². The number of hydrogen-bond acceptors (Lipinski definition) is 5. The predicted molar refractivity (Wildman–Crippen MR) is 117 cm³/mol. The summed E-state index contributed by atoms with van der Waals surface area (Å²) in [6.45, 7) is 4.00. The predicted octanol–water partition coefficient (Wildman–Crippen LogP) is 4.61. The first-order valence-corrected chi connectivity index (χ1v) is 11.1. The molecule has 4 rings (SSSR count). The molecule has 1 atom stereocenters. The van der Waals surface area contributed by atoms with Gasteiger partial charge in [-0.1, -0.05) is 30.9 Å². The number of nitrogens with one attached hydrogen (secondary N) is 1. The summed E-state index contributed by atoms with van der Waals surface area (Å²) >= 11 is 5.82. The van der Waals surface area contributed by atoms with E-state index in [4.69, 9.17) is 16.3 Å². The van der Waals surface area contributed by atoms with E-state index in [1.54, 1.807) is 6.07 Å². The molecule has 2 fully saturated rings. The molecule has 1 saturated heterocycles. The number of aromatic nitrogens is 2. The summed E-state index contributed by atoms with van der Waals surface area (Å²) in [6, 6.07) is 6.26. The molecular weight excluding hydrogens is 421 g/mol. The number of halogens is 2. The average molecular weight is 448 g/mol. The Morgan fingerprint density at radius 1 is 1.19 bits per heavy atom. The quantitative estimate of drug-likeness (QED) is 0.740. The Labute approximate surface area is 186 Å². The normalized spacial score (nSPS) is 19.9. The molecule has 1 saturated carbocycles. The third-order valence-electron chi connectivity index (χ3n) is 5.89. The summed E-state index contributed by atoms with van der Waals surface area (Å²) in [5.74, 6) is 0.959. The molecule has 31 heavy (non-hydrogen) atoms. The van der Waals surface area contributed by atoms with Crippen LogP contribution in [0.15, 0.2) is 30.6 Å². The second-order valence-electron chi connectivity index (χ2n) is 8.17. The Bertz CT molecular complexity index is 925. The number of urea groups is 1. The smallest absolute Gasteiger partial charge is 0.317 e. The summed E-state index contributed by atoms with van der Waals surface area (Å²) < 4.78 is 19.1.